The van der Waals surface area contributed by atoms with Crippen molar-refractivity contribution in [3.8, 4) is 0 Å². The molecule has 0 radical (unpaired) electrons. The summed E-state index contributed by atoms with van der Waals surface area (Å²) in [6, 6.07) is 6.01. The molecule has 0 aliphatic carbocycles. The predicted octanol–water partition coefficient (Wildman–Crippen LogP) is 2.95. The van der Waals surface area contributed by atoms with Gasteiger partial charge in [-0.05, 0) is 25.0 Å². The van der Waals surface area contributed by atoms with Gasteiger partial charge < -0.3 is 14.3 Å². The van der Waals surface area contributed by atoms with Crippen LogP contribution >= 0.6 is 0 Å². The number of fused-ring (bicyclic) bond motifs is 2. The number of hydrogen-bond acceptors (Lipinski definition) is 6. The van der Waals surface area contributed by atoms with Crippen molar-refractivity contribution < 1.29 is 4.42 Å². The third kappa shape index (κ3) is 2.47. The van der Waals surface area contributed by atoms with E-state index in [-0.39, 0.29) is 0 Å². The molecule has 24 heavy (non-hydrogen) atoms. The van der Waals surface area contributed by atoms with Crippen LogP contribution in [0.25, 0.3) is 22.3 Å². The summed E-state index contributed by atoms with van der Waals surface area (Å²) in [5.74, 6) is 1.45. The Hall–Kier alpha value is -2.96. The summed E-state index contributed by atoms with van der Waals surface area (Å²) in [6.45, 7) is 5.50. The molecule has 4 aromatic rings. The summed E-state index contributed by atoms with van der Waals surface area (Å²) >= 11 is 0. The Morgan fingerprint density at radius 1 is 1.17 bits per heavy atom. The van der Waals surface area contributed by atoms with E-state index < -0.39 is 0 Å². The Labute approximate surface area is 138 Å². The lowest BCUT2D eigenvalue weighted by Crippen LogP contribution is -2.07. The van der Waals surface area contributed by atoms with E-state index >= 15 is 0 Å². The zero-order valence-corrected chi connectivity index (χ0v) is 13.7. The molecular weight excluding hydrogens is 304 g/mol. The fourth-order valence-electron chi connectivity index (χ4n) is 2.88. The van der Waals surface area contributed by atoms with Gasteiger partial charge in [-0.3, -0.25) is 0 Å². The van der Waals surface area contributed by atoms with Gasteiger partial charge in [0.1, 0.15) is 17.4 Å². The van der Waals surface area contributed by atoms with E-state index in [1.807, 2.05) is 23.6 Å². The summed E-state index contributed by atoms with van der Waals surface area (Å²) < 4.78 is 7.58. The molecule has 1 aromatic carbocycles. The van der Waals surface area contributed by atoms with Crippen molar-refractivity contribution in [1.82, 2.24) is 24.5 Å². The Morgan fingerprint density at radius 3 is 2.96 bits per heavy atom. The first kappa shape index (κ1) is 14.6. The summed E-state index contributed by atoms with van der Waals surface area (Å²) in [7, 11) is 0. The monoisotopic (exact) mass is 322 g/mol. The predicted molar refractivity (Wildman–Crippen MR) is 91.9 cm³/mol. The fourth-order valence-corrected chi connectivity index (χ4v) is 2.88. The lowest BCUT2D eigenvalue weighted by atomic mass is 10.1. The summed E-state index contributed by atoms with van der Waals surface area (Å²) in [5, 5.41) is 3.36. The second-order valence-electron chi connectivity index (χ2n) is 5.60. The molecule has 3 heterocycles. The number of oxazole rings is 1. The van der Waals surface area contributed by atoms with E-state index in [9.17, 15) is 0 Å². The maximum absolute atomic E-state index is 5.58. The average molecular weight is 322 g/mol. The highest BCUT2D eigenvalue weighted by atomic mass is 16.3. The number of benzene rings is 1. The molecule has 0 aliphatic rings. The molecule has 0 unspecified atom stereocenters. The molecule has 0 amide bonds. The minimum atomic E-state index is 0.688. The van der Waals surface area contributed by atoms with Crippen molar-refractivity contribution in [2.45, 2.75) is 26.8 Å². The van der Waals surface area contributed by atoms with Crippen LogP contribution in [0.3, 0.4) is 0 Å². The zero-order valence-electron chi connectivity index (χ0n) is 13.7. The van der Waals surface area contributed by atoms with Crippen molar-refractivity contribution >= 4 is 28.1 Å². The second kappa shape index (κ2) is 5.92. The number of nitrogens with zero attached hydrogens (tertiary/aromatic N) is 5. The lowest BCUT2D eigenvalue weighted by molar-refractivity contribution is 0.561. The van der Waals surface area contributed by atoms with Crippen LogP contribution in [-0.2, 0) is 13.0 Å². The van der Waals surface area contributed by atoms with E-state index in [1.54, 1.807) is 12.7 Å². The first-order valence-corrected chi connectivity index (χ1v) is 8.01. The van der Waals surface area contributed by atoms with Gasteiger partial charge in [0.25, 0.3) is 0 Å². The van der Waals surface area contributed by atoms with Crippen molar-refractivity contribution in [3.63, 3.8) is 0 Å². The number of aryl methyl sites for hydroxylation is 2. The number of nitrogens with one attached hydrogen (secondary N) is 1. The van der Waals surface area contributed by atoms with E-state index in [0.717, 1.165) is 53.2 Å². The van der Waals surface area contributed by atoms with Gasteiger partial charge in [-0.1, -0.05) is 12.1 Å². The van der Waals surface area contributed by atoms with E-state index in [4.69, 9.17) is 4.42 Å². The normalized spacial score (nSPS) is 11.4. The molecule has 0 spiro atoms. The second-order valence-corrected chi connectivity index (χ2v) is 5.60. The molecule has 0 atom stereocenters. The number of hydrogen-bond donors (Lipinski definition) is 1. The molecule has 7 nitrogen and oxygen atoms in total. The van der Waals surface area contributed by atoms with Crippen LogP contribution in [0, 0.1) is 6.92 Å². The minimum absolute atomic E-state index is 0.688. The molecule has 1 N–H and O–H groups in total. The van der Waals surface area contributed by atoms with Crippen LogP contribution < -0.4 is 5.32 Å². The van der Waals surface area contributed by atoms with Crippen LogP contribution in [0.5, 0.6) is 0 Å². The Morgan fingerprint density at radius 2 is 2.08 bits per heavy atom. The number of imidazole rings is 1. The third-order valence-electron chi connectivity index (χ3n) is 4.04. The van der Waals surface area contributed by atoms with Gasteiger partial charge in [0.2, 0.25) is 0 Å². The summed E-state index contributed by atoms with van der Waals surface area (Å²) in [5.41, 5.74) is 4.57. The Kier molecular flexibility index (Phi) is 3.60. The van der Waals surface area contributed by atoms with E-state index in [1.165, 1.54) is 0 Å². The highest BCUT2D eigenvalue weighted by Gasteiger charge is 2.10. The Balaban J connectivity index is 1.54. The van der Waals surface area contributed by atoms with E-state index in [0.29, 0.717) is 5.89 Å². The van der Waals surface area contributed by atoms with Gasteiger partial charge in [-0.15, -0.1) is 0 Å². The van der Waals surface area contributed by atoms with Gasteiger partial charge >= 0.3 is 0 Å². The molecule has 0 bridgehead atoms. The Bertz CT molecular complexity index is 1000. The molecule has 0 saturated heterocycles. The lowest BCUT2D eigenvalue weighted by Gasteiger charge is -2.06. The van der Waals surface area contributed by atoms with Crippen LogP contribution in [0.1, 0.15) is 18.4 Å². The number of para-hydroxylation sites is 1. The maximum Gasteiger partial charge on any atom is 0.192 e. The zero-order chi connectivity index (χ0) is 16.5. The maximum atomic E-state index is 5.58. The molecule has 0 fully saturated rings. The van der Waals surface area contributed by atoms with E-state index in [2.05, 4.69) is 38.2 Å². The van der Waals surface area contributed by atoms with Gasteiger partial charge in [0.15, 0.2) is 22.9 Å². The molecule has 0 aliphatic heterocycles. The van der Waals surface area contributed by atoms with Crippen LogP contribution in [-0.4, -0.2) is 31.0 Å². The molecule has 0 saturated carbocycles. The average Bonchev–Trinajstić information content (AvgIpc) is 3.18. The van der Waals surface area contributed by atoms with Crippen LogP contribution in [0.4, 0.5) is 5.82 Å². The van der Waals surface area contributed by atoms with Crippen LogP contribution in [0.2, 0.25) is 0 Å². The summed E-state index contributed by atoms with van der Waals surface area (Å²) in [6.07, 6.45) is 4.19. The van der Waals surface area contributed by atoms with Gasteiger partial charge in [0.05, 0.1) is 6.33 Å². The molecule has 4 rings (SSSR count). The minimum Gasteiger partial charge on any atom is -0.441 e. The highest BCUT2D eigenvalue weighted by Crippen LogP contribution is 2.21. The molecule has 122 valence electrons. The standard InChI is InChI=1S/C17H18N6O/c1-3-23-10-21-15-16(19-9-20-17(15)23)18-8-7-12-5-4-6-13-14(12)22-11(2)24-13/h4-6,9-10H,3,7-8H2,1-2H3,(H,18,19,20). The van der Waals surface area contributed by atoms with Gasteiger partial charge in [-0.25, -0.2) is 19.9 Å². The SMILES string of the molecule is CCn1cnc2c(NCCc3cccc4oc(C)nc34)ncnc21. The molecular formula is C17H18N6O. The topological polar surface area (TPSA) is 81.7 Å². The van der Waals surface area contributed by atoms with Gasteiger partial charge in [0, 0.05) is 20.0 Å². The van der Waals surface area contributed by atoms with Crippen molar-refractivity contribution in [2.75, 3.05) is 11.9 Å². The van der Waals surface area contributed by atoms with Gasteiger partial charge in [-0.2, -0.15) is 0 Å². The molecule has 3 aromatic heterocycles. The van der Waals surface area contributed by atoms with Crippen molar-refractivity contribution in [2.24, 2.45) is 0 Å². The van der Waals surface area contributed by atoms with Crippen molar-refractivity contribution in [1.29, 1.82) is 0 Å². The number of aromatic nitrogens is 5. The number of rotatable bonds is 5. The van der Waals surface area contributed by atoms with Crippen molar-refractivity contribution in [3.05, 3.63) is 42.3 Å². The third-order valence-corrected chi connectivity index (χ3v) is 4.04. The first-order valence-electron chi connectivity index (χ1n) is 8.01. The largest absolute Gasteiger partial charge is 0.441 e. The quantitative estimate of drug-likeness (QED) is 0.608. The first-order chi connectivity index (χ1) is 11.8. The summed E-state index contributed by atoms with van der Waals surface area (Å²) in [4.78, 5) is 17.5. The molecule has 7 heteroatoms. The number of anilines is 1. The van der Waals surface area contributed by atoms with Crippen LogP contribution in [0.15, 0.2) is 35.3 Å². The highest BCUT2D eigenvalue weighted by molar-refractivity contribution is 5.82. The fraction of sp³-hybridized carbons (Fsp3) is 0.294. The smallest absolute Gasteiger partial charge is 0.192 e.